The molecule has 0 aliphatic carbocycles. The van der Waals surface area contributed by atoms with Crippen molar-refractivity contribution >= 4 is 64.5 Å². The lowest BCUT2D eigenvalue weighted by molar-refractivity contribution is -0.139. The van der Waals surface area contributed by atoms with Crippen molar-refractivity contribution in [1.82, 2.24) is 4.98 Å². The molecule has 1 atom stereocenters. The van der Waals surface area contributed by atoms with E-state index in [1.165, 1.54) is 7.11 Å². The highest BCUT2D eigenvalue weighted by molar-refractivity contribution is 6.31. The second-order valence-corrected chi connectivity index (χ2v) is 7.80. The van der Waals surface area contributed by atoms with E-state index < -0.39 is 11.9 Å². The SMILES string of the molecule is B[C@H](C(=O)Nc1c2ccccc2nc2ccccc12)N(CC(=O)OC)c1ccc(Cl)cc1. The first kappa shape index (κ1) is 21.6. The van der Waals surface area contributed by atoms with E-state index in [9.17, 15) is 9.59 Å². The number of anilines is 2. The largest absolute Gasteiger partial charge is 0.468 e. The van der Waals surface area contributed by atoms with Gasteiger partial charge in [0.2, 0.25) is 5.91 Å². The normalized spacial score (nSPS) is 11.8. The van der Waals surface area contributed by atoms with Crippen LogP contribution in [0.1, 0.15) is 0 Å². The Morgan fingerprint density at radius 1 is 1.00 bits per heavy atom. The summed E-state index contributed by atoms with van der Waals surface area (Å²) in [4.78, 5) is 31.8. The molecule has 0 aliphatic rings. The zero-order valence-corrected chi connectivity index (χ0v) is 18.5. The van der Waals surface area contributed by atoms with Crippen LogP contribution in [0.4, 0.5) is 11.4 Å². The molecule has 1 aromatic heterocycles. The molecular formula is C24H21BClN3O3. The number of nitrogens with zero attached hydrogens (tertiary/aromatic N) is 2. The number of aromatic nitrogens is 1. The van der Waals surface area contributed by atoms with E-state index in [1.54, 1.807) is 37.0 Å². The molecule has 1 N–H and O–H groups in total. The molecule has 1 amide bonds. The molecule has 6 nitrogen and oxygen atoms in total. The maximum absolute atomic E-state index is 13.4. The number of halogens is 1. The van der Waals surface area contributed by atoms with Crippen LogP contribution < -0.4 is 10.2 Å². The van der Waals surface area contributed by atoms with Gasteiger partial charge in [-0.25, -0.2) is 4.98 Å². The van der Waals surface area contributed by atoms with Gasteiger partial charge >= 0.3 is 5.97 Å². The minimum absolute atomic E-state index is 0.0788. The lowest BCUT2D eigenvalue weighted by atomic mass is 9.92. The smallest absolute Gasteiger partial charge is 0.325 e. The number of amides is 1. The van der Waals surface area contributed by atoms with Crippen LogP contribution in [-0.2, 0) is 14.3 Å². The Morgan fingerprint density at radius 2 is 1.56 bits per heavy atom. The second kappa shape index (κ2) is 9.28. The molecule has 4 aromatic rings. The molecule has 0 spiro atoms. The number of ether oxygens (including phenoxy) is 1. The molecule has 0 radical (unpaired) electrons. The summed E-state index contributed by atoms with van der Waals surface area (Å²) in [5, 5.41) is 5.34. The summed E-state index contributed by atoms with van der Waals surface area (Å²) in [5.74, 6) is -1.37. The molecule has 0 saturated carbocycles. The molecule has 32 heavy (non-hydrogen) atoms. The Morgan fingerprint density at radius 3 is 2.12 bits per heavy atom. The standard InChI is InChI=1S/C24H21BClN3O3/c1-32-21(30)14-29(16-12-10-15(26)11-13-16)23(25)24(31)28-22-17-6-2-4-8-19(17)27-20-9-5-3-7-18(20)22/h2-13,23H,14,25H2,1H3,(H,27,28,31)/t23-/m0/s1. The van der Waals surface area contributed by atoms with Gasteiger partial charge in [-0.15, -0.1) is 0 Å². The van der Waals surface area contributed by atoms with Crippen molar-refractivity contribution in [1.29, 1.82) is 0 Å². The van der Waals surface area contributed by atoms with E-state index in [0.717, 1.165) is 21.8 Å². The third-order valence-corrected chi connectivity index (χ3v) is 5.62. The molecule has 0 aliphatic heterocycles. The van der Waals surface area contributed by atoms with E-state index in [1.807, 2.05) is 48.5 Å². The molecule has 4 rings (SSSR count). The van der Waals surface area contributed by atoms with Gasteiger partial charge in [-0.2, -0.15) is 0 Å². The number of para-hydroxylation sites is 2. The van der Waals surface area contributed by atoms with Crippen molar-refractivity contribution in [3.8, 4) is 0 Å². The Kier molecular flexibility index (Phi) is 6.28. The first-order valence-corrected chi connectivity index (χ1v) is 10.5. The molecular weight excluding hydrogens is 425 g/mol. The highest BCUT2D eigenvalue weighted by Crippen LogP contribution is 2.31. The summed E-state index contributed by atoms with van der Waals surface area (Å²) in [5.41, 5.74) is 2.96. The molecule has 1 heterocycles. The van der Waals surface area contributed by atoms with Gasteiger partial charge in [0.05, 0.1) is 29.8 Å². The van der Waals surface area contributed by atoms with Crippen LogP contribution in [0.3, 0.4) is 0 Å². The van der Waals surface area contributed by atoms with Crippen LogP contribution in [0.5, 0.6) is 0 Å². The van der Waals surface area contributed by atoms with Crippen LogP contribution >= 0.6 is 11.6 Å². The average Bonchev–Trinajstić information content (AvgIpc) is 2.82. The summed E-state index contributed by atoms with van der Waals surface area (Å²) in [6.45, 7) is -0.0788. The maximum Gasteiger partial charge on any atom is 0.325 e. The fraction of sp³-hybridized carbons (Fsp3) is 0.125. The fourth-order valence-corrected chi connectivity index (χ4v) is 3.76. The fourth-order valence-electron chi connectivity index (χ4n) is 3.63. The number of hydrogen-bond acceptors (Lipinski definition) is 5. The number of rotatable bonds is 6. The highest BCUT2D eigenvalue weighted by Gasteiger charge is 2.25. The number of pyridine rings is 1. The number of carbonyl (C=O) groups is 2. The zero-order valence-electron chi connectivity index (χ0n) is 17.7. The second-order valence-electron chi connectivity index (χ2n) is 7.37. The molecule has 0 fully saturated rings. The van der Waals surface area contributed by atoms with E-state index in [0.29, 0.717) is 16.4 Å². The Bertz CT molecular complexity index is 1240. The van der Waals surface area contributed by atoms with Crippen molar-refractivity contribution in [2.75, 3.05) is 23.9 Å². The van der Waals surface area contributed by atoms with Crippen molar-refractivity contribution in [3.63, 3.8) is 0 Å². The maximum atomic E-state index is 13.4. The van der Waals surface area contributed by atoms with Gasteiger partial charge in [-0.3, -0.25) is 9.59 Å². The molecule has 8 heteroatoms. The Hall–Kier alpha value is -3.58. The van der Waals surface area contributed by atoms with Gasteiger partial charge in [-0.05, 0) is 36.4 Å². The summed E-state index contributed by atoms with van der Waals surface area (Å²) in [7, 11) is 3.07. The summed E-state index contributed by atoms with van der Waals surface area (Å²) in [6.07, 6.45) is 0. The number of nitrogens with one attached hydrogen (secondary N) is 1. The van der Waals surface area contributed by atoms with Crippen molar-refractivity contribution < 1.29 is 14.3 Å². The van der Waals surface area contributed by atoms with Gasteiger partial charge in [0.25, 0.3) is 0 Å². The molecule has 0 bridgehead atoms. The van der Waals surface area contributed by atoms with Gasteiger partial charge in [-0.1, -0.05) is 48.0 Å². The predicted molar refractivity (Wildman–Crippen MR) is 131 cm³/mol. The third-order valence-electron chi connectivity index (χ3n) is 5.37. The van der Waals surface area contributed by atoms with Crippen LogP contribution in [0, 0.1) is 0 Å². The van der Waals surface area contributed by atoms with Crippen LogP contribution in [0.25, 0.3) is 21.8 Å². The topological polar surface area (TPSA) is 71.5 Å². The van der Waals surface area contributed by atoms with Crippen molar-refractivity contribution in [2.24, 2.45) is 0 Å². The van der Waals surface area contributed by atoms with E-state index in [-0.39, 0.29) is 12.5 Å². The van der Waals surface area contributed by atoms with Crippen molar-refractivity contribution in [3.05, 3.63) is 77.8 Å². The first-order valence-electron chi connectivity index (χ1n) is 10.2. The number of methoxy groups -OCH3 is 1. The number of carbonyl (C=O) groups excluding carboxylic acids is 2. The number of benzene rings is 3. The van der Waals surface area contributed by atoms with Gasteiger partial charge < -0.3 is 15.0 Å². The van der Waals surface area contributed by atoms with E-state index in [2.05, 4.69) is 5.32 Å². The van der Waals surface area contributed by atoms with E-state index in [4.69, 9.17) is 21.3 Å². The quantitative estimate of drug-likeness (QED) is 0.279. The molecule has 0 unspecified atom stereocenters. The monoisotopic (exact) mass is 445 g/mol. The summed E-state index contributed by atoms with van der Waals surface area (Å²) < 4.78 is 4.84. The lowest BCUT2D eigenvalue weighted by Gasteiger charge is -2.30. The number of esters is 1. The minimum atomic E-state index is -0.666. The number of hydrogen-bond donors (Lipinski definition) is 1. The van der Waals surface area contributed by atoms with Gasteiger partial charge in [0.15, 0.2) is 0 Å². The van der Waals surface area contributed by atoms with E-state index >= 15 is 0 Å². The summed E-state index contributed by atoms with van der Waals surface area (Å²) >= 11 is 6.01. The third kappa shape index (κ3) is 4.38. The Balaban J connectivity index is 1.72. The molecule has 3 aromatic carbocycles. The van der Waals surface area contributed by atoms with Gasteiger partial charge in [0, 0.05) is 21.5 Å². The lowest BCUT2D eigenvalue weighted by Crippen LogP contribution is -2.47. The molecule has 0 saturated heterocycles. The molecule has 160 valence electrons. The first-order chi connectivity index (χ1) is 15.5. The van der Waals surface area contributed by atoms with Crippen LogP contribution in [-0.4, -0.2) is 44.3 Å². The van der Waals surface area contributed by atoms with Crippen LogP contribution in [0.2, 0.25) is 5.02 Å². The minimum Gasteiger partial charge on any atom is -0.468 e. The van der Waals surface area contributed by atoms with Crippen LogP contribution in [0.15, 0.2) is 72.8 Å². The Labute approximate surface area is 191 Å². The zero-order chi connectivity index (χ0) is 22.7. The average molecular weight is 446 g/mol. The predicted octanol–water partition coefficient (Wildman–Crippen LogP) is 3.62. The van der Waals surface area contributed by atoms with Gasteiger partial charge in [0.1, 0.15) is 14.4 Å². The number of fused-ring (bicyclic) bond motifs is 2. The van der Waals surface area contributed by atoms with Crippen molar-refractivity contribution in [2.45, 2.75) is 5.94 Å². The summed E-state index contributed by atoms with van der Waals surface area (Å²) in [6, 6.07) is 22.3. The highest BCUT2D eigenvalue weighted by atomic mass is 35.5.